The number of amides is 2. The average molecular weight is 298 g/mol. The molecule has 2 aromatic rings. The van der Waals surface area contributed by atoms with E-state index in [1.54, 1.807) is 24.3 Å². The lowest BCUT2D eigenvalue weighted by Gasteiger charge is -2.16. The fraction of sp³-hybridized carbons (Fsp3) is 0.176. The molecule has 0 radical (unpaired) electrons. The number of carbonyl (C=O) groups is 2. The maximum atomic E-state index is 12.4. The highest BCUT2D eigenvalue weighted by molar-refractivity contribution is 6.04. The van der Waals surface area contributed by atoms with Crippen molar-refractivity contribution < 1.29 is 14.7 Å². The normalized spacial score (nSPS) is 11.5. The monoisotopic (exact) mass is 298 g/mol. The van der Waals surface area contributed by atoms with Crippen LogP contribution >= 0.6 is 0 Å². The summed E-state index contributed by atoms with van der Waals surface area (Å²) >= 11 is 0. The van der Waals surface area contributed by atoms with Gasteiger partial charge in [0.15, 0.2) is 0 Å². The summed E-state index contributed by atoms with van der Waals surface area (Å²) in [6.07, 6.45) is 0. The maximum absolute atomic E-state index is 12.4. The van der Waals surface area contributed by atoms with Crippen LogP contribution in [-0.4, -0.2) is 23.5 Å². The predicted octanol–water partition coefficient (Wildman–Crippen LogP) is 2.11. The first-order valence-electron chi connectivity index (χ1n) is 6.97. The number of carbonyl (C=O) groups excluding carboxylic acids is 2. The summed E-state index contributed by atoms with van der Waals surface area (Å²) in [7, 11) is 0. The molecule has 0 spiro atoms. The fourth-order valence-corrected chi connectivity index (χ4v) is 2.08. The fourth-order valence-electron chi connectivity index (χ4n) is 2.08. The van der Waals surface area contributed by atoms with Crippen LogP contribution in [0.5, 0.6) is 0 Å². The summed E-state index contributed by atoms with van der Waals surface area (Å²) in [5, 5.41) is 14.2. The molecule has 0 heterocycles. The lowest BCUT2D eigenvalue weighted by atomic mass is 10.1. The quantitative estimate of drug-likeness (QED) is 0.791. The Kier molecular flexibility index (Phi) is 5.27. The largest absolute Gasteiger partial charge is 0.387 e. The van der Waals surface area contributed by atoms with Crippen LogP contribution in [0.4, 0.5) is 5.69 Å². The van der Waals surface area contributed by atoms with Crippen molar-refractivity contribution in [2.75, 3.05) is 11.9 Å². The van der Waals surface area contributed by atoms with E-state index in [0.717, 1.165) is 5.56 Å². The minimum Gasteiger partial charge on any atom is -0.387 e. The standard InChI is InChI=1S/C17H18N2O3/c1-12(13-7-3-2-4-8-13)18-17(22)14-9-5-6-10-15(14)19-16(21)11-20/h2-10,12,20H,11H2,1H3,(H,18,22)(H,19,21). The minimum absolute atomic E-state index is 0.157. The van der Waals surface area contributed by atoms with Crippen molar-refractivity contribution in [2.24, 2.45) is 0 Å². The number of para-hydroxylation sites is 1. The van der Waals surface area contributed by atoms with Crippen LogP contribution in [0.3, 0.4) is 0 Å². The summed E-state index contributed by atoms with van der Waals surface area (Å²) in [6, 6.07) is 16.1. The van der Waals surface area contributed by atoms with E-state index in [2.05, 4.69) is 10.6 Å². The molecule has 2 aromatic carbocycles. The van der Waals surface area contributed by atoms with E-state index >= 15 is 0 Å². The van der Waals surface area contributed by atoms with Gasteiger partial charge in [-0.15, -0.1) is 0 Å². The molecular formula is C17H18N2O3. The smallest absolute Gasteiger partial charge is 0.253 e. The Balaban J connectivity index is 2.14. The van der Waals surface area contributed by atoms with Crippen molar-refractivity contribution in [2.45, 2.75) is 13.0 Å². The van der Waals surface area contributed by atoms with Crippen molar-refractivity contribution in [1.82, 2.24) is 5.32 Å². The van der Waals surface area contributed by atoms with Gasteiger partial charge in [0.1, 0.15) is 6.61 Å². The number of rotatable bonds is 5. The van der Waals surface area contributed by atoms with Crippen LogP contribution in [0.15, 0.2) is 54.6 Å². The van der Waals surface area contributed by atoms with Gasteiger partial charge in [0.05, 0.1) is 17.3 Å². The number of hydrogen-bond donors (Lipinski definition) is 3. The van der Waals surface area contributed by atoms with Crippen LogP contribution in [-0.2, 0) is 4.79 Å². The molecule has 5 nitrogen and oxygen atoms in total. The molecule has 0 fully saturated rings. The van der Waals surface area contributed by atoms with Crippen molar-refractivity contribution in [1.29, 1.82) is 0 Å². The molecule has 0 saturated carbocycles. The van der Waals surface area contributed by atoms with Gasteiger partial charge in [-0.25, -0.2) is 0 Å². The number of nitrogens with one attached hydrogen (secondary N) is 2. The molecule has 0 aromatic heterocycles. The average Bonchev–Trinajstić information content (AvgIpc) is 2.55. The third-order valence-corrected chi connectivity index (χ3v) is 3.24. The van der Waals surface area contributed by atoms with Crippen LogP contribution in [0, 0.1) is 0 Å². The van der Waals surface area contributed by atoms with Gasteiger partial charge in [0.25, 0.3) is 5.91 Å². The van der Waals surface area contributed by atoms with E-state index in [1.807, 2.05) is 37.3 Å². The third-order valence-electron chi connectivity index (χ3n) is 3.24. The van der Waals surface area contributed by atoms with Gasteiger partial charge in [0.2, 0.25) is 5.91 Å². The first-order chi connectivity index (χ1) is 10.6. The lowest BCUT2D eigenvalue weighted by Crippen LogP contribution is -2.28. The molecule has 3 N–H and O–H groups in total. The minimum atomic E-state index is -0.629. The zero-order valence-corrected chi connectivity index (χ0v) is 12.2. The molecule has 0 bridgehead atoms. The second kappa shape index (κ2) is 7.38. The van der Waals surface area contributed by atoms with Crippen molar-refractivity contribution >= 4 is 17.5 Å². The molecule has 5 heteroatoms. The predicted molar refractivity (Wildman–Crippen MR) is 84.5 cm³/mol. The van der Waals surface area contributed by atoms with E-state index in [0.29, 0.717) is 11.3 Å². The number of benzene rings is 2. The zero-order valence-electron chi connectivity index (χ0n) is 12.2. The number of aliphatic hydroxyl groups excluding tert-OH is 1. The summed E-state index contributed by atoms with van der Waals surface area (Å²) < 4.78 is 0. The Hall–Kier alpha value is -2.66. The number of aliphatic hydroxyl groups is 1. The Morgan fingerprint density at radius 3 is 2.36 bits per heavy atom. The van der Waals surface area contributed by atoms with Crippen molar-refractivity contribution in [3.05, 3.63) is 65.7 Å². The summed E-state index contributed by atoms with van der Waals surface area (Å²) in [5.41, 5.74) is 1.72. The molecular weight excluding hydrogens is 280 g/mol. The first kappa shape index (κ1) is 15.7. The second-order valence-electron chi connectivity index (χ2n) is 4.86. The number of anilines is 1. The van der Waals surface area contributed by atoms with Gasteiger partial charge in [0, 0.05) is 0 Å². The molecule has 1 unspecified atom stereocenters. The molecule has 0 aliphatic heterocycles. The topological polar surface area (TPSA) is 78.4 Å². The van der Waals surface area contributed by atoms with E-state index in [1.165, 1.54) is 0 Å². The highest BCUT2D eigenvalue weighted by Crippen LogP contribution is 2.17. The van der Waals surface area contributed by atoms with Crippen molar-refractivity contribution in [3.63, 3.8) is 0 Å². The maximum Gasteiger partial charge on any atom is 0.253 e. The molecule has 1 atom stereocenters. The first-order valence-corrected chi connectivity index (χ1v) is 6.97. The van der Waals surface area contributed by atoms with E-state index in [4.69, 9.17) is 5.11 Å². The van der Waals surface area contributed by atoms with Crippen molar-refractivity contribution in [3.8, 4) is 0 Å². The third kappa shape index (κ3) is 3.93. The molecule has 0 aliphatic rings. The summed E-state index contributed by atoms with van der Waals surface area (Å²) in [6.45, 7) is 1.26. The van der Waals surface area contributed by atoms with Crippen LogP contribution < -0.4 is 10.6 Å². The van der Waals surface area contributed by atoms with Gasteiger partial charge >= 0.3 is 0 Å². The SMILES string of the molecule is CC(NC(=O)c1ccccc1NC(=O)CO)c1ccccc1. The van der Waals surface area contributed by atoms with Gasteiger partial charge < -0.3 is 15.7 Å². The lowest BCUT2D eigenvalue weighted by molar-refractivity contribution is -0.118. The van der Waals surface area contributed by atoms with Crippen LogP contribution in [0.25, 0.3) is 0 Å². The molecule has 0 saturated heterocycles. The van der Waals surface area contributed by atoms with E-state index in [9.17, 15) is 9.59 Å². The Labute approximate surface area is 129 Å². The number of hydrogen-bond acceptors (Lipinski definition) is 3. The van der Waals surface area contributed by atoms with Gasteiger partial charge in [-0.3, -0.25) is 9.59 Å². The molecule has 22 heavy (non-hydrogen) atoms. The second-order valence-corrected chi connectivity index (χ2v) is 4.86. The molecule has 2 amide bonds. The van der Waals surface area contributed by atoms with E-state index in [-0.39, 0.29) is 11.9 Å². The summed E-state index contributed by atoms with van der Waals surface area (Å²) in [4.78, 5) is 23.7. The molecule has 0 aliphatic carbocycles. The highest BCUT2D eigenvalue weighted by atomic mass is 16.3. The zero-order chi connectivity index (χ0) is 15.9. The molecule has 114 valence electrons. The molecule has 2 rings (SSSR count). The van der Waals surface area contributed by atoms with Gasteiger partial charge in [-0.1, -0.05) is 42.5 Å². The Morgan fingerprint density at radius 2 is 1.68 bits per heavy atom. The van der Waals surface area contributed by atoms with Crippen LogP contribution in [0.1, 0.15) is 28.9 Å². The van der Waals surface area contributed by atoms with E-state index < -0.39 is 12.5 Å². The Bertz CT molecular complexity index is 656. The van der Waals surface area contributed by atoms with Gasteiger partial charge in [-0.2, -0.15) is 0 Å². The summed E-state index contributed by atoms with van der Waals surface area (Å²) in [5.74, 6) is -0.846. The van der Waals surface area contributed by atoms with Crippen LogP contribution in [0.2, 0.25) is 0 Å². The Morgan fingerprint density at radius 1 is 1.05 bits per heavy atom. The van der Waals surface area contributed by atoms with Gasteiger partial charge in [-0.05, 0) is 24.6 Å². The highest BCUT2D eigenvalue weighted by Gasteiger charge is 2.15.